The van der Waals surface area contributed by atoms with Gasteiger partial charge in [-0.2, -0.15) is 13.2 Å². The smallest absolute Gasteiger partial charge is 0.441 e. The van der Waals surface area contributed by atoms with E-state index in [-0.39, 0.29) is 30.5 Å². The van der Waals surface area contributed by atoms with Crippen LogP contribution in [0, 0.1) is 0 Å². The van der Waals surface area contributed by atoms with E-state index >= 15 is 0 Å². The van der Waals surface area contributed by atoms with Crippen LogP contribution in [-0.2, 0) is 4.79 Å². The zero-order valence-corrected chi connectivity index (χ0v) is 10.5. The molecule has 5 nitrogen and oxygen atoms in total. The molecule has 0 rings (SSSR count). The molecule has 0 fully saturated rings. The first-order chi connectivity index (χ1) is 8.26. The zero-order chi connectivity index (χ0) is 14.2. The molecule has 0 radical (unpaired) electrons. The van der Waals surface area contributed by atoms with Crippen molar-refractivity contribution in [1.82, 2.24) is 10.6 Å². The van der Waals surface area contributed by atoms with Crippen LogP contribution in [0.2, 0.25) is 0 Å². The van der Waals surface area contributed by atoms with Crippen molar-refractivity contribution in [2.24, 2.45) is 0 Å². The molecule has 0 bridgehead atoms. The van der Waals surface area contributed by atoms with E-state index in [0.29, 0.717) is 6.42 Å². The Morgan fingerprint density at radius 1 is 1.39 bits per heavy atom. The van der Waals surface area contributed by atoms with E-state index in [1.165, 1.54) is 0 Å². The summed E-state index contributed by atoms with van der Waals surface area (Å²) in [5, 5.41) is 13.1. The van der Waals surface area contributed by atoms with Gasteiger partial charge in [-0.25, -0.2) is 9.59 Å². The number of thioether (sulfide) groups is 1. The largest absolute Gasteiger partial charge is 0.480 e. The Kier molecular flexibility index (Phi) is 7.56. The van der Waals surface area contributed by atoms with Gasteiger partial charge < -0.3 is 15.7 Å². The number of hydrogen-bond donors (Lipinski definition) is 3. The van der Waals surface area contributed by atoms with Gasteiger partial charge in [-0.1, -0.05) is 13.3 Å². The van der Waals surface area contributed by atoms with Gasteiger partial charge in [-0.05, 0) is 18.2 Å². The van der Waals surface area contributed by atoms with Crippen LogP contribution < -0.4 is 10.6 Å². The van der Waals surface area contributed by atoms with E-state index in [4.69, 9.17) is 5.11 Å². The fourth-order valence-electron chi connectivity index (χ4n) is 1.09. The van der Waals surface area contributed by atoms with Gasteiger partial charge >= 0.3 is 17.5 Å². The monoisotopic (exact) mass is 288 g/mol. The second-order valence-electron chi connectivity index (χ2n) is 3.37. The number of urea groups is 1. The van der Waals surface area contributed by atoms with E-state index in [9.17, 15) is 22.8 Å². The summed E-state index contributed by atoms with van der Waals surface area (Å²) in [7, 11) is 0. The molecular formula is C9H15F3N2O3S. The van der Waals surface area contributed by atoms with Crippen LogP contribution in [0.1, 0.15) is 19.8 Å². The van der Waals surface area contributed by atoms with Gasteiger partial charge in [-0.15, -0.1) is 0 Å². The molecule has 0 saturated heterocycles. The van der Waals surface area contributed by atoms with Gasteiger partial charge in [0.05, 0.1) is 0 Å². The van der Waals surface area contributed by atoms with Crippen LogP contribution in [0.25, 0.3) is 0 Å². The number of carboxylic acids is 1. The van der Waals surface area contributed by atoms with Crippen LogP contribution >= 0.6 is 11.8 Å². The first kappa shape index (κ1) is 16.9. The number of aliphatic carboxylic acids is 1. The van der Waals surface area contributed by atoms with Crippen molar-refractivity contribution in [1.29, 1.82) is 0 Å². The maximum atomic E-state index is 11.8. The first-order valence-corrected chi connectivity index (χ1v) is 6.22. The third kappa shape index (κ3) is 8.97. The van der Waals surface area contributed by atoms with Gasteiger partial charge in [0.15, 0.2) is 0 Å². The van der Waals surface area contributed by atoms with Crippen molar-refractivity contribution in [3.05, 3.63) is 0 Å². The van der Waals surface area contributed by atoms with Crippen molar-refractivity contribution < 1.29 is 27.9 Å². The van der Waals surface area contributed by atoms with Gasteiger partial charge in [0.2, 0.25) is 0 Å². The molecule has 2 amide bonds. The third-order valence-corrected chi connectivity index (χ3v) is 2.57. The SMILES string of the molecule is CCC[C@H](NC(=O)NCCSC(F)(F)F)C(=O)O. The molecule has 0 heterocycles. The summed E-state index contributed by atoms with van der Waals surface area (Å²) in [4.78, 5) is 21.9. The van der Waals surface area contributed by atoms with Crippen LogP contribution in [0.3, 0.4) is 0 Å². The summed E-state index contributed by atoms with van der Waals surface area (Å²) in [5.74, 6) is -1.49. The highest BCUT2D eigenvalue weighted by molar-refractivity contribution is 8.00. The number of nitrogens with one attached hydrogen (secondary N) is 2. The Morgan fingerprint density at radius 3 is 2.44 bits per heavy atom. The van der Waals surface area contributed by atoms with Crippen molar-refractivity contribution in [3.63, 3.8) is 0 Å². The van der Waals surface area contributed by atoms with E-state index < -0.39 is 23.6 Å². The van der Waals surface area contributed by atoms with Crippen molar-refractivity contribution >= 4 is 23.8 Å². The lowest BCUT2D eigenvalue weighted by Crippen LogP contribution is -2.46. The Morgan fingerprint density at radius 2 is 2.00 bits per heavy atom. The summed E-state index contributed by atoms with van der Waals surface area (Å²) in [5.41, 5.74) is -4.33. The number of rotatable bonds is 7. The minimum absolute atomic E-state index is 0.186. The maximum Gasteiger partial charge on any atom is 0.441 e. The summed E-state index contributed by atoms with van der Waals surface area (Å²) in [6, 6.07) is -1.80. The minimum atomic E-state index is -4.33. The Balaban J connectivity index is 3.85. The number of carboxylic acid groups (broad SMARTS) is 1. The van der Waals surface area contributed by atoms with E-state index in [1.54, 1.807) is 6.92 Å². The predicted octanol–water partition coefficient (Wildman–Crippen LogP) is 1.79. The van der Waals surface area contributed by atoms with Gasteiger partial charge in [0, 0.05) is 12.3 Å². The molecule has 3 N–H and O–H groups in total. The summed E-state index contributed by atoms with van der Waals surface area (Å²) in [6.07, 6.45) is 0.835. The lowest BCUT2D eigenvalue weighted by atomic mass is 10.2. The standard InChI is InChI=1S/C9H15F3N2O3S/c1-2-3-6(7(15)16)14-8(17)13-4-5-18-9(10,11)12/h6H,2-5H2,1H3,(H,15,16)(H2,13,14,17)/t6-/m0/s1. The molecule has 0 aromatic heterocycles. The van der Waals surface area contributed by atoms with Gasteiger partial charge in [0.25, 0.3) is 0 Å². The Labute approximate surface area is 106 Å². The molecule has 0 aliphatic heterocycles. The van der Waals surface area contributed by atoms with Crippen LogP contribution in [0.15, 0.2) is 0 Å². The minimum Gasteiger partial charge on any atom is -0.480 e. The Bertz CT molecular complexity index is 287. The van der Waals surface area contributed by atoms with Crippen LogP contribution in [0.5, 0.6) is 0 Å². The highest BCUT2D eigenvalue weighted by atomic mass is 32.2. The predicted molar refractivity (Wildman–Crippen MR) is 61.4 cm³/mol. The molecule has 0 spiro atoms. The first-order valence-electron chi connectivity index (χ1n) is 5.24. The molecule has 0 aromatic carbocycles. The van der Waals surface area contributed by atoms with Crippen molar-refractivity contribution in [3.8, 4) is 0 Å². The molecule has 0 saturated carbocycles. The second-order valence-corrected chi connectivity index (χ2v) is 4.53. The summed E-state index contributed by atoms with van der Waals surface area (Å²) >= 11 is -0.248. The van der Waals surface area contributed by atoms with Crippen LogP contribution in [-0.4, -0.2) is 41.0 Å². The van der Waals surface area contributed by atoms with Gasteiger partial charge in [-0.3, -0.25) is 0 Å². The summed E-state index contributed by atoms with van der Waals surface area (Å²) < 4.78 is 35.3. The topological polar surface area (TPSA) is 78.4 Å². The van der Waals surface area contributed by atoms with Crippen molar-refractivity contribution in [2.75, 3.05) is 12.3 Å². The number of halogens is 3. The maximum absolute atomic E-state index is 11.8. The average Bonchev–Trinajstić information content (AvgIpc) is 2.22. The number of amides is 2. The Hall–Kier alpha value is -1.12. The second kappa shape index (κ2) is 8.06. The third-order valence-electron chi connectivity index (χ3n) is 1.83. The fourth-order valence-corrected chi connectivity index (χ4v) is 1.52. The molecule has 1 atom stereocenters. The highest BCUT2D eigenvalue weighted by Gasteiger charge is 2.27. The normalized spacial score (nSPS) is 12.9. The lowest BCUT2D eigenvalue weighted by molar-refractivity contribution is -0.139. The number of carbonyl (C=O) groups excluding carboxylic acids is 1. The van der Waals surface area contributed by atoms with E-state index in [1.807, 2.05) is 0 Å². The molecule has 18 heavy (non-hydrogen) atoms. The number of hydrogen-bond acceptors (Lipinski definition) is 3. The molecule has 0 aromatic rings. The number of carbonyl (C=O) groups is 2. The zero-order valence-electron chi connectivity index (χ0n) is 9.71. The molecule has 0 unspecified atom stereocenters. The van der Waals surface area contributed by atoms with E-state index in [2.05, 4.69) is 10.6 Å². The van der Waals surface area contributed by atoms with Gasteiger partial charge in [0.1, 0.15) is 6.04 Å². The van der Waals surface area contributed by atoms with Crippen molar-refractivity contribution in [2.45, 2.75) is 31.3 Å². The van der Waals surface area contributed by atoms with Crippen LogP contribution in [0.4, 0.5) is 18.0 Å². The summed E-state index contributed by atoms with van der Waals surface area (Å²) in [6.45, 7) is 1.57. The molecule has 0 aliphatic rings. The fraction of sp³-hybridized carbons (Fsp3) is 0.778. The molecule has 106 valence electrons. The highest BCUT2D eigenvalue weighted by Crippen LogP contribution is 2.29. The molecule has 0 aliphatic carbocycles. The molecule has 9 heteroatoms. The molecular weight excluding hydrogens is 273 g/mol. The number of alkyl halides is 3. The average molecular weight is 288 g/mol. The van der Waals surface area contributed by atoms with E-state index in [0.717, 1.165) is 0 Å². The quantitative estimate of drug-likeness (QED) is 0.624. The lowest BCUT2D eigenvalue weighted by Gasteiger charge is -2.14.